The fourth-order valence-corrected chi connectivity index (χ4v) is 8.77. The molecule has 4 aliphatic rings. The zero-order chi connectivity index (χ0) is 43.3. The third kappa shape index (κ3) is 8.79. The van der Waals surface area contributed by atoms with Crippen LogP contribution in [0.25, 0.3) is 10.8 Å². The molecule has 3 heterocycles. The molecule has 3 fully saturated rings. The van der Waals surface area contributed by atoms with Gasteiger partial charge >= 0.3 is 6.09 Å². The molecule has 2 aliphatic heterocycles. The molecule has 2 aliphatic carbocycles. The number of nitrogens with one attached hydrogen (secondary N) is 3. The Morgan fingerprint density at radius 2 is 1.85 bits per heavy atom. The summed E-state index contributed by atoms with van der Waals surface area (Å²) in [5.41, 5.74) is -4.11. The number of pyridine rings is 1. The topological polar surface area (TPSA) is 192 Å². The molecule has 1 aromatic carbocycles. The second-order valence-electron chi connectivity index (χ2n) is 16.4. The van der Waals surface area contributed by atoms with E-state index in [0.29, 0.717) is 25.2 Å². The van der Waals surface area contributed by atoms with Crippen molar-refractivity contribution < 1.29 is 64.1 Å². The van der Waals surface area contributed by atoms with Gasteiger partial charge in [0.25, 0.3) is 11.8 Å². The van der Waals surface area contributed by atoms with Crippen LogP contribution >= 0.6 is 0 Å². The molecule has 6 rings (SSSR count). The van der Waals surface area contributed by atoms with Crippen LogP contribution in [0.2, 0.25) is 0 Å². The van der Waals surface area contributed by atoms with Gasteiger partial charge in [-0.15, -0.1) is 0 Å². The highest BCUT2D eigenvalue weighted by Gasteiger charge is 2.64. The monoisotopic (exact) mass is 855 g/mol. The summed E-state index contributed by atoms with van der Waals surface area (Å²) < 4.78 is 107. The van der Waals surface area contributed by atoms with Crippen molar-refractivity contribution in [3.05, 3.63) is 42.4 Å². The van der Waals surface area contributed by atoms with Crippen LogP contribution in [0.4, 0.5) is 22.4 Å². The lowest BCUT2D eigenvalue weighted by molar-refractivity contribution is -0.153. The number of ether oxygens (including phenoxy) is 4. The fourth-order valence-electron chi connectivity index (χ4n) is 7.35. The number of alkyl halides is 3. The number of aromatic nitrogens is 1. The Labute approximate surface area is 339 Å². The molecule has 0 bridgehead atoms. The number of amides is 4. The van der Waals surface area contributed by atoms with E-state index in [0.717, 1.165) is 18.7 Å². The van der Waals surface area contributed by atoms with E-state index in [1.165, 1.54) is 32.4 Å². The van der Waals surface area contributed by atoms with Crippen molar-refractivity contribution in [2.45, 2.75) is 125 Å². The molecule has 1 saturated heterocycles. The first-order valence-corrected chi connectivity index (χ1v) is 20.8. The van der Waals surface area contributed by atoms with Gasteiger partial charge in [-0.05, 0) is 71.9 Å². The summed E-state index contributed by atoms with van der Waals surface area (Å²) in [4.78, 5) is 61.6. The lowest BCUT2D eigenvalue weighted by atomic mass is 10.0. The van der Waals surface area contributed by atoms with Gasteiger partial charge in [-0.3, -0.25) is 19.1 Å². The quantitative estimate of drug-likeness (QED) is 0.229. The first kappa shape index (κ1) is 43.8. The molecule has 1 aromatic heterocycles. The van der Waals surface area contributed by atoms with E-state index in [-0.39, 0.29) is 49.2 Å². The molecule has 3 N–H and O–H groups in total. The SMILES string of the molecule is COc1cc(F)cc2c(O[C@@H]3C[C@H]4C(=O)N[C@]5(C(=O)NS(=O)(=O)C6(CF)CC6)C[C@H]5/C=C\CC[C@H](C)O[C@@H](C)[C@H](NC(=O)OC(C)(C)C(C)(F)F)C(=O)N4C3)nccc12. The first-order valence-electron chi connectivity index (χ1n) is 19.3. The standard InChI is InChI=1S/C39H49F4N5O10S/c1-21-9-7-8-10-23-18-39(23,34(51)47-59(53,54)38(20-40)12-13-38)46-31(49)28-17-25(57-32-27-15-24(41)16-29(55-6)26(27)11-14-44-32)19-48(28)33(50)30(22(2)56-21)45-35(52)58-36(3,4)37(5,42)43/h8,10-11,14-16,21-23,25,28,30H,7,9,12-13,17-20H2,1-6H3,(H,45,52)(H,46,49)(H,47,51)/b10-8-/t21-,22-,23+,25+,28-,30-,39+/m0/s1. The zero-order valence-corrected chi connectivity index (χ0v) is 34.3. The van der Waals surface area contributed by atoms with E-state index < -0.39 is 104 Å². The van der Waals surface area contributed by atoms with E-state index in [1.54, 1.807) is 25.1 Å². The number of fused-ring (bicyclic) bond motifs is 3. The van der Waals surface area contributed by atoms with Crippen LogP contribution in [0.5, 0.6) is 11.6 Å². The Hall–Kier alpha value is -4.72. The third-order valence-electron chi connectivity index (χ3n) is 11.7. The molecule has 20 heteroatoms. The number of halogens is 4. The summed E-state index contributed by atoms with van der Waals surface area (Å²) in [6.45, 7) is 4.21. The summed E-state index contributed by atoms with van der Waals surface area (Å²) in [7, 11) is -3.13. The molecule has 7 atom stereocenters. The Kier molecular flexibility index (Phi) is 11.9. The Bertz CT molecular complexity index is 2130. The maximum Gasteiger partial charge on any atom is 0.408 e. The Morgan fingerprint density at radius 3 is 2.49 bits per heavy atom. The number of hydrogen-bond donors (Lipinski definition) is 3. The van der Waals surface area contributed by atoms with E-state index >= 15 is 0 Å². The van der Waals surface area contributed by atoms with E-state index in [2.05, 4.69) is 15.6 Å². The van der Waals surface area contributed by atoms with E-state index in [9.17, 15) is 45.2 Å². The van der Waals surface area contributed by atoms with Gasteiger partial charge in [0.2, 0.25) is 27.7 Å². The van der Waals surface area contributed by atoms with Crippen molar-refractivity contribution in [2.24, 2.45) is 5.92 Å². The number of alkyl carbamates (subject to hydrolysis) is 1. The van der Waals surface area contributed by atoms with Crippen molar-refractivity contribution in [3.63, 3.8) is 0 Å². The molecule has 0 radical (unpaired) electrons. The molecule has 0 unspecified atom stereocenters. The van der Waals surface area contributed by atoms with Crippen molar-refractivity contribution in [1.29, 1.82) is 0 Å². The molecule has 324 valence electrons. The first-order chi connectivity index (χ1) is 27.6. The van der Waals surface area contributed by atoms with Gasteiger partial charge in [0.05, 0.1) is 31.2 Å². The van der Waals surface area contributed by atoms with Crippen LogP contribution in [0.15, 0.2) is 36.5 Å². The summed E-state index contributed by atoms with van der Waals surface area (Å²) in [5.74, 6) is -7.60. The average molecular weight is 856 g/mol. The molecule has 59 heavy (non-hydrogen) atoms. The summed E-state index contributed by atoms with van der Waals surface area (Å²) in [6, 6.07) is 0.846. The highest BCUT2D eigenvalue weighted by atomic mass is 32.2. The molecular formula is C39H49F4N5O10S. The number of sulfonamides is 1. The second-order valence-corrected chi connectivity index (χ2v) is 18.5. The van der Waals surface area contributed by atoms with Crippen LogP contribution < -0.4 is 24.8 Å². The zero-order valence-electron chi connectivity index (χ0n) is 33.5. The third-order valence-corrected chi connectivity index (χ3v) is 13.8. The minimum absolute atomic E-state index is 0.0140. The maximum absolute atomic E-state index is 14.7. The highest BCUT2D eigenvalue weighted by molar-refractivity contribution is 7.91. The normalized spacial score (nSPS) is 29.2. The largest absolute Gasteiger partial charge is 0.496 e. The van der Waals surface area contributed by atoms with E-state index in [4.69, 9.17) is 18.9 Å². The Morgan fingerprint density at radius 1 is 1.14 bits per heavy atom. The number of allylic oxidation sites excluding steroid dienone is 1. The molecular weight excluding hydrogens is 807 g/mol. The predicted octanol–water partition coefficient (Wildman–Crippen LogP) is 4.23. The number of methoxy groups -OCH3 is 1. The molecule has 2 aromatic rings. The van der Waals surface area contributed by atoms with E-state index in [1.807, 2.05) is 4.72 Å². The second kappa shape index (κ2) is 16.0. The lowest BCUT2D eigenvalue weighted by Gasteiger charge is -2.35. The van der Waals surface area contributed by atoms with Crippen LogP contribution in [-0.2, 0) is 33.9 Å². The minimum Gasteiger partial charge on any atom is -0.496 e. The molecule has 15 nitrogen and oxygen atoms in total. The number of nitrogens with zero attached hydrogens (tertiary/aromatic N) is 2. The van der Waals surface area contributed by atoms with Gasteiger partial charge in [-0.25, -0.2) is 35.8 Å². The van der Waals surface area contributed by atoms with Crippen molar-refractivity contribution in [1.82, 2.24) is 25.2 Å². The average Bonchev–Trinajstić information content (AvgIpc) is 4.06. The number of carbonyl (C=O) groups is 4. The van der Waals surface area contributed by atoms with Gasteiger partial charge in [0.15, 0.2) is 5.60 Å². The van der Waals surface area contributed by atoms with Gasteiger partial charge in [0, 0.05) is 36.9 Å². The predicted molar refractivity (Wildman–Crippen MR) is 203 cm³/mol. The van der Waals surface area contributed by atoms with Crippen molar-refractivity contribution >= 4 is 44.6 Å². The molecule has 4 amide bonds. The smallest absolute Gasteiger partial charge is 0.408 e. The van der Waals surface area contributed by atoms with Gasteiger partial charge < -0.3 is 34.5 Å². The Balaban J connectivity index is 1.37. The van der Waals surface area contributed by atoms with Crippen LogP contribution in [-0.4, -0.2) is 115 Å². The number of carbonyl (C=O) groups excluding carboxylic acids is 4. The van der Waals surface area contributed by atoms with Crippen LogP contribution in [0.3, 0.4) is 0 Å². The summed E-state index contributed by atoms with van der Waals surface area (Å²) >= 11 is 0. The van der Waals surface area contributed by atoms with Gasteiger partial charge in [-0.2, -0.15) is 0 Å². The van der Waals surface area contributed by atoms with Crippen molar-refractivity contribution in [2.75, 3.05) is 20.3 Å². The van der Waals surface area contributed by atoms with Crippen LogP contribution in [0, 0.1) is 11.7 Å². The van der Waals surface area contributed by atoms with Gasteiger partial charge in [0.1, 0.15) is 46.7 Å². The molecule has 0 spiro atoms. The van der Waals surface area contributed by atoms with Gasteiger partial charge in [-0.1, -0.05) is 12.2 Å². The fraction of sp³-hybridized carbons (Fsp3) is 0.615. The summed E-state index contributed by atoms with van der Waals surface area (Å²) in [5, 5.41) is 5.70. The lowest BCUT2D eigenvalue weighted by Crippen LogP contribution is -2.61. The minimum atomic E-state index is -4.49. The van der Waals surface area contributed by atoms with Crippen LogP contribution in [0.1, 0.15) is 73.1 Å². The number of rotatable bonds is 10. The number of benzene rings is 1. The highest BCUT2D eigenvalue weighted by Crippen LogP contribution is 2.48. The summed E-state index contributed by atoms with van der Waals surface area (Å²) in [6.07, 6.45) is 1.25. The number of hydrogen-bond acceptors (Lipinski definition) is 11. The molecule has 2 saturated carbocycles. The maximum atomic E-state index is 14.7. The van der Waals surface area contributed by atoms with Crippen molar-refractivity contribution in [3.8, 4) is 11.6 Å².